The van der Waals surface area contributed by atoms with Gasteiger partial charge in [0.1, 0.15) is 17.6 Å². The van der Waals surface area contributed by atoms with Gasteiger partial charge < -0.3 is 4.74 Å². The van der Waals surface area contributed by atoms with Gasteiger partial charge in [-0.1, -0.05) is 60.7 Å². The third kappa shape index (κ3) is 3.57. The zero-order valence-corrected chi connectivity index (χ0v) is 18.3. The molecule has 0 bridgehead atoms. The molecule has 0 aliphatic carbocycles. The Labute approximate surface area is 195 Å². The molecule has 0 spiro atoms. The van der Waals surface area contributed by atoms with E-state index < -0.39 is 16.9 Å². The van der Waals surface area contributed by atoms with Crippen molar-refractivity contribution in [2.75, 3.05) is 12.0 Å². The van der Waals surface area contributed by atoms with Crippen LogP contribution in [0.25, 0.3) is 0 Å². The van der Waals surface area contributed by atoms with Crippen molar-refractivity contribution in [2.24, 2.45) is 0 Å². The molecule has 0 N–H and O–H groups in total. The van der Waals surface area contributed by atoms with Crippen LogP contribution in [0, 0.1) is 10.1 Å². The van der Waals surface area contributed by atoms with E-state index in [0.29, 0.717) is 18.1 Å². The average Bonchev–Trinajstić information content (AvgIpc) is 3.37. The van der Waals surface area contributed by atoms with Crippen LogP contribution in [0.15, 0.2) is 85.2 Å². The zero-order chi connectivity index (χ0) is 23.7. The minimum atomic E-state index is -0.545. The number of para-hydroxylation sites is 2. The van der Waals surface area contributed by atoms with E-state index in [9.17, 15) is 14.9 Å². The van der Waals surface area contributed by atoms with Crippen molar-refractivity contribution in [2.45, 2.75) is 18.5 Å². The number of hydrogen-bond acceptors (Lipinski definition) is 6. The number of amides is 1. The van der Waals surface area contributed by atoms with Crippen molar-refractivity contribution in [3.63, 3.8) is 0 Å². The maximum absolute atomic E-state index is 13.9. The third-order valence-corrected chi connectivity index (χ3v) is 6.06. The lowest BCUT2D eigenvalue weighted by Crippen LogP contribution is -2.43. The lowest BCUT2D eigenvalue weighted by molar-refractivity contribution is -0.385. The van der Waals surface area contributed by atoms with Gasteiger partial charge >= 0.3 is 0 Å². The SMILES string of the molecule is COc1ccccc1C1CC(c2ccccc2)N(C(=O)c2ccccc2[N+](=O)[O-])c2ncnn21. The van der Waals surface area contributed by atoms with E-state index in [1.807, 2.05) is 54.6 Å². The monoisotopic (exact) mass is 455 g/mol. The van der Waals surface area contributed by atoms with Gasteiger partial charge in [0.25, 0.3) is 11.6 Å². The molecule has 170 valence electrons. The van der Waals surface area contributed by atoms with Crippen LogP contribution in [-0.2, 0) is 0 Å². The van der Waals surface area contributed by atoms with Gasteiger partial charge in [-0.05, 0) is 24.1 Å². The number of nitro benzene ring substituents is 1. The normalized spacial score (nSPS) is 17.1. The second-order valence-corrected chi connectivity index (χ2v) is 7.87. The Bertz CT molecular complexity index is 1350. The number of anilines is 1. The van der Waals surface area contributed by atoms with E-state index in [1.54, 1.807) is 23.9 Å². The Balaban J connectivity index is 1.69. The summed E-state index contributed by atoms with van der Waals surface area (Å²) in [6, 6.07) is 22.5. The molecule has 0 saturated heterocycles. The molecular formula is C25H21N5O4. The first-order valence-corrected chi connectivity index (χ1v) is 10.7. The van der Waals surface area contributed by atoms with E-state index in [1.165, 1.54) is 23.4 Å². The van der Waals surface area contributed by atoms with Crippen LogP contribution in [0.5, 0.6) is 5.75 Å². The number of carbonyl (C=O) groups is 1. The topological polar surface area (TPSA) is 103 Å². The molecule has 5 rings (SSSR count). The number of carbonyl (C=O) groups excluding carboxylic acids is 1. The van der Waals surface area contributed by atoms with Crippen molar-refractivity contribution >= 4 is 17.5 Å². The quantitative estimate of drug-likeness (QED) is 0.322. The number of benzene rings is 3. The molecule has 34 heavy (non-hydrogen) atoms. The lowest BCUT2D eigenvalue weighted by Gasteiger charge is -2.39. The van der Waals surface area contributed by atoms with Gasteiger partial charge in [0.2, 0.25) is 5.95 Å². The van der Waals surface area contributed by atoms with Crippen LogP contribution in [0.4, 0.5) is 11.6 Å². The summed E-state index contributed by atoms with van der Waals surface area (Å²) in [5.41, 5.74) is 1.55. The highest BCUT2D eigenvalue weighted by Crippen LogP contribution is 2.44. The first-order valence-electron chi connectivity index (χ1n) is 10.7. The fourth-order valence-corrected chi connectivity index (χ4v) is 4.53. The van der Waals surface area contributed by atoms with E-state index in [2.05, 4.69) is 10.1 Å². The number of rotatable bonds is 5. The summed E-state index contributed by atoms with van der Waals surface area (Å²) in [5, 5.41) is 16.1. The predicted molar refractivity (Wildman–Crippen MR) is 125 cm³/mol. The Hall–Kier alpha value is -4.53. The van der Waals surface area contributed by atoms with Crippen molar-refractivity contribution in [3.8, 4) is 5.75 Å². The van der Waals surface area contributed by atoms with Crippen LogP contribution in [-0.4, -0.2) is 32.7 Å². The highest BCUT2D eigenvalue weighted by Gasteiger charge is 2.41. The molecule has 0 saturated carbocycles. The first-order chi connectivity index (χ1) is 16.6. The van der Waals surface area contributed by atoms with Crippen LogP contribution in [0.3, 0.4) is 0 Å². The highest BCUT2D eigenvalue weighted by atomic mass is 16.6. The molecule has 2 unspecified atom stereocenters. The smallest absolute Gasteiger partial charge is 0.282 e. The summed E-state index contributed by atoms with van der Waals surface area (Å²) in [6.07, 6.45) is 1.87. The molecule has 2 heterocycles. The van der Waals surface area contributed by atoms with E-state index in [0.717, 1.165) is 11.1 Å². The largest absolute Gasteiger partial charge is 0.496 e. The zero-order valence-electron chi connectivity index (χ0n) is 18.3. The fraction of sp³-hybridized carbons (Fsp3) is 0.160. The van der Waals surface area contributed by atoms with Crippen molar-refractivity contribution in [3.05, 3.63) is 112 Å². The van der Waals surface area contributed by atoms with Gasteiger partial charge in [-0.25, -0.2) is 4.68 Å². The maximum Gasteiger partial charge on any atom is 0.282 e. The van der Waals surface area contributed by atoms with Crippen LogP contribution in [0.2, 0.25) is 0 Å². The average molecular weight is 455 g/mol. The van der Waals surface area contributed by atoms with Gasteiger partial charge in [0.05, 0.1) is 24.1 Å². The number of methoxy groups -OCH3 is 1. The summed E-state index contributed by atoms with van der Waals surface area (Å²) < 4.78 is 7.28. The molecule has 4 aromatic rings. The summed E-state index contributed by atoms with van der Waals surface area (Å²) >= 11 is 0. The van der Waals surface area contributed by atoms with E-state index in [4.69, 9.17) is 4.74 Å². The molecule has 0 fully saturated rings. The first kappa shape index (κ1) is 21.3. The number of ether oxygens (including phenoxy) is 1. The van der Waals surface area contributed by atoms with Crippen LogP contribution >= 0.6 is 0 Å². The molecular weight excluding hydrogens is 434 g/mol. The van der Waals surface area contributed by atoms with E-state index >= 15 is 0 Å². The molecule has 9 heteroatoms. The predicted octanol–water partition coefficient (Wildman–Crippen LogP) is 4.58. The van der Waals surface area contributed by atoms with Crippen LogP contribution in [0.1, 0.15) is 40.0 Å². The molecule has 1 aliphatic rings. The minimum Gasteiger partial charge on any atom is -0.496 e. The molecule has 3 aromatic carbocycles. The fourth-order valence-electron chi connectivity index (χ4n) is 4.53. The Morgan fingerprint density at radius 1 is 1.00 bits per heavy atom. The number of aromatic nitrogens is 3. The van der Waals surface area contributed by atoms with Gasteiger partial charge in [0, 0.05) is 11.6 Å². The Morgan fingerprint density at radius 3 is 2.47 bits per heavy atom. The highest BCUT2D eigenvalue weighted by molar-refractivity contribution is 6.08. The van der Waals surface area contributed by atoms with Gasteiger partial charge in [-0.2, -0.15) is 10.1 Å². The van der Waals surface area contributed by atoms with Crippen LogP contribution < -0.4 is 9.64 Å². The molecule has 1 aromatic heterocycles. The van der Waals surface area contributed by atoms with E-state index in [-0.39, 0.29) is 17.3 Å². The maximum atomic E-state index is 13.9. The molecule has 0 radical (unpaired) electrons. The molecule has 1 amide bonds. The number of nitrogens with zero attached hydrogens (tertiary/aromatic N) is 5. The van der Waals surface area contributed by atoms with Gasteiger partial charge in [-0.3, -0.25) is 19.8 Å². The Morgan fingerprint density at radius 2 is 1.71 bits per heavy atom. The molecule has 9 nitrogen and oxygen atoms in total. The third-order valence-electron chi connectivity index (χ3n) is 6.06. The number of fused-ring (bicyclic) bond motifs is 1. The number of hydrogen-bond donors (Lipinski definition) is 0. The van der Waals surface area contributed by atoms with Crippen molar-refractivity contribution in [1.82, 2.24) is 14.8 Å². The minimum absolute atomic E-state index is 0.00118. The van der Waals surface area contributed by atoms with Crippen molar-refractivity contribution < 1.29 is 14.5 Å². The lowest BCUT2D eigenvalue weighted by atomic mass is 9.91. The standard InChI is InChI=1S/C25H21N5O4/c1-34-23-14-8-6-11-18(23)22-15-21(17-9-3-2-4-10-17)28(25-26-16-27-29(22)25)24(31)19-12-5-7-13-20(19)30(32)33/h2-14,16,21-22H,15H2,1H3. The summed E-state index contributed by atoms with van der Waals surface area (Å²) in [6.45, 7) is 0. The summed E-state index contributed by atoms with van der Waals surface area (Å²) in [5.74, 6) is 0.521. The molecule has 2 atom stereocenters. The number of nitro groups is 1. The second-order valence-electron chi connectivity index (χ2n) is 7.87. The summed E-state index contributed by atoms with van der Waals surface area (Å²) in [4.78, 5) is 30.9. The summed E-state index contributed by atoms with van der Waals surface area (Å²) in [7, 11) is 1.61. The van der Waals surface area contributed by atoms with Gasteiger partial charge in [0.15, 0.2) is 0 Å². The van der Waals surface area contributed by atoms with Crippen molar-refractivity contribution in [1.29, 1.82) is 0 Å². The Kier molecular flexibility index (Phi) is 5.51. The molecule has 1 aliphatic heterocycles. The second kappa shape index (κ2) is 8.78. The van der Waals surface area contributed by atoms with Gasteiger partial charge in [-0.15, -0.1) is 0 Å².